The third kappa shape index (κ3) is 6.56. The van der Waals surface area contributed by atoms with Gasteiger partial charge in [-0.15, -0.1) is 11.3 Å². The summed E-state index contributed by atoms with van der Waals surface area (Å²) in [5.74, 6) is -2.90. The topological polar surface area (TPSA) is 183 Å². The monoisotopic (exact) mass is 517 g/mol. The molecule has 36 heavy (non-hydrogen) atoms. The van der Waals surface area contributed by atoms with Gasteiger partial charge < -0.3 is 25.8 Å². The van der Waals surface area contributed by atoms with Crippen molar-refractivity contribution in [1.29, 1.82) is 0 Å². The van der Waals surface area contributed by atoms with Crippen molar-refractivity contribution in [2.45, 2.75) is 52.6 Å². The van der Waals surface area contributed by atoms with Gasteiger partial charge in [-0.05, 0) is 31.0 Å². The molecule has 0 saturated carbocycles. The minimum Gasteiger partial charge on any atom is -0.481 e. The number of carbonyl (C=O) groups excluding carboxylic acids is 2. The van der Waals surface area contributed by atoms with Crippen LogP contribution in [-0.2, 0) is 27.3 Å². The van der Waals surface area contributed by atoms with Crippen molar-refractivity contribution in [2.75, 3.05) is 5.32 Å². The molecule has 0 radical (unpaired) electrons. The van der Waals surface area contributed by atoms with E-state index in [1.807, 2.05) is 0 Å². The quantitative estimate of drug-likeness (QED) is 0.271. The van der Waals surface area contributed by atoms with Crippen molar-refractivity contribution in [3.8, 4) is 0 Å². The van der Waals surface area contributed by atoms with E-state index in [4.69, 9.17) is 5.11 Å². The third-order valence-electron chi connectivity index (χ3n) is 5.28. The summed E-state index contributed by atoms with van der Waals surface area (Å²) in [6.07, 6.45) is 1.21. The number of amides is 2. The summed E-state index contributed by atoms with van der Waals surface area (Å²) in [6, 6.07) is 3.49. The van der Waals surface area contributed by atoms with E-state index < -0.39 is 29.3 Å². The fourth-order valence-corrected chi connectivity index (χ4v) is 4.10. The van der Waals surface area contributed by atoms with Gasteiger partial charge in [-0.2, -0.15) is 0 Å². The van der Waals surface area contributed by atoms with Crippen molar-refractivity contribution in [3.63, 3.8) is 0 Å². The van der Waals surface area contributed by atoms with E-state index in [1.165, 1.54) is 10.9 Å². The van der Waals surface area contributed by atoms with E-state index in [0.717, 1.165) is 16.2 Å². The van der Waals surface area contributed by atoms with Crippen LogP contribution in [0.2, 0.25) is 0 Å². The Bertz CT molecular complexity index is 1370. The molecule has 13 heteroatoms. The van der Waals surface area contributed by atoms with Gasteiger partial charge in [-0.25, -0.2) is 9.78 Å². The average Bonchev–Trinajstić information content (AvgIpc) is 3.42. The van der Waals surface area contributed by atoms with Gasteiger partial charge >= 0.3 is 11.9 Å². The second-order valence-electron chi connectivity index (χ2n) is 9.21. The predicted molar refractivity (Wildman–Crippen MR) is 132 cm³/mol. The Morgan fingerprint density at radius 3 is 2.56 bits per heavy atom. The maximum atomic E-state index is 12.9. The zero-order valence-corrected chi connectivity index (χ0v) is 20.8. The van der Waals surface area contributed by atoms with Gasteiger partial charge in [-0.3, -0.25) is 23.7 Å². The molecule has 0 aliphatic carbocycles. The number of hydrogen-bond acceptors (Lipinski definition) is 7. The maximum Gasteiger partial charge on any atom is 0.326 e. The van der Waals surface area contributed by atoms with Crippen molar-refractivity contribution in [2.24, 2.45) is 5.41 Å². The van der Waals surface area contributed by atoms with Crippen LogP contribution in [-0.4, -0.2) is 54.5 Å². The average molecular weight is 518 g/mol. The highest BCUT2D eigenvalue weighted by Crippen LogP contribution is 2.20. The fourth-order valence-electron chi connectivity index (χ4n) is 3.20. The Morgan fingerprint density at radius 1 is 1.19 bits per heavy atom. The number of aryl methyl sites for hydroxylation is 2. The number of nitrogens with zero attached hydrogens (tertiary/aromatic N) is 2. The summed E-state index contributed by atoms with van der Waals surface area (Å²) >= 11 is 1.15. The Balaban J connectivity index is 1.66. The molecule has 0 spiro atoms. The molecule has 0 aliphatic heterocycles. The summed E-state index contributed by atoms with van der Waals surface area (Å²) in [6.45, 7) is 5.62. The standard InChI is InChI=1S/C23H27N5O7S/c1-23(2,3)22(35)27-16-10-13-18(26-16)24-11-28(20(13)32)9-8-12-4-6-15(36-12)19(31)25-14(21(33)34)5-7-17(29)30/h4,6,10-11,14,26H,5,7-9H2,1-3H3,(H,25,31)(H,27,35)(H,29,30)(H,33,34)/t14-/m0/s1. The van der Waals surface area contributed by atoms with Gasteiger partial charge in [0.15, 0.2) is 0 Å². The molecule has 3 aromatic rings. The number of carboxylic acids is 2. The van der Waals surface area contributed by atoms with E-state index in [-0.39, 0.29) is 35.7 Å². The number of aromatic nitrogens is 3. The summed E-state index contributed by atoms with van der Waals surface area (Å²) in [7, 11) is 0. The number of carbonyl (C=O) groups is 4. The fraction of sp³-hybridized carbons (Fsp3) is 0.391. The molecule has 2 amide bonds. The van der Waals surface area contributed by atoms with Crippen LogP contribution in [0.5, 0.6) is 0 Å². The Morgan fingerprint density at radius 2 is 1.92 bits per heavy atom. The lowest BCUT2D eigenvalue weighted by molar-refractivity contribution is -0.140. The van der Waals surface area contributed by atoms with Gasteiger partial charge in [0.1, 0.15) is 17.5 Å². The van der Waals surface area contributed by atoms with Crippen molar-refractivity contribution in [1.82, 2.24) is 19.9 Å². The lowest BCUT2D eigenvalue weighted by atomic mass is 9.96. The minimum atomic E-state index is -1.31. The van der Waals surface area contributed by atoms with Crippen LogP contribution in [0, 0.1) is 5.41 Å². The van der Waals surface area contributed by atoms with Crippen molar-refractivity contribution < 1.29 is 29.4 Å². The first-order valence-electron chi connectivity index (χ1n) is 11.1. The molecule has 192 valence electrons. The van der Waals surface area contributed by atoms with E-state index in [9.17, 15) is 29.1 Å². The molecule has 3 rings (SSSR count). The van der Waals surface area contributed by atoms with Gasteiger partial charge in [0, 0.05) is 23.3 Å². The Hall–Kier alpha value is -4.00. The summed E-state index contributed by atoms with van der Waals surface area (Å²) < 4.78 is 1.43. The van der Waals surface area contributed by atoms with Crippen LogP contribution in [0.1, 0.15) is 48.2 Å². The number of hydrogen-bond donors (Lipinski definition) is 5. The summed E-state index contributed by atoms with van der Waals surface area (Å²) in [5.41, 5.74) is -0.537. The Labute approximate surface area is 209 Å². The highest BCUT2D eigenvalue weighted by molar-refractivity contribution is 7.14. The molecule has 12 nitrogen and oxygen atoms in total. The number of anilines is 1. The number of thiophene rings is 1. The lowest BCUT2D eigenvalue weighted by Gasteiger charge is -2.16. The lowest BCUT2D eigenvalue weighted by Crippen LogP contribution is -2.40. The van der Waals surface area contributed by atoms with Crippen LogP contribution in [0.4, 0.5) is 5.82 Å². The molecule has 3 heterocycles. The molecule has 1 atom stereocenters. The van der Waals surface area contributed by atoms with Crippen molar-refractivity contribution in [3.05, 3.63) is 44.6 Å². The molecule has 0 saturated heterocycles. The molecule has 0 unspecified atom stereocenters. The first-order valence-corrected chi connectivity index (χ1v) is 11.9. The zero-order valence-electron chi connectivity index (χ0n) is 20.0. The molecule has 3 aromatic heterocycles. The molecule has 5 N–H and O–H groups in total. The number of carboxylic acid groups (broad SMARTS) is 2. The summed E-state index contributed by atoms with van der Waals surface area (Å²) in [4.78, 5) is 67.8. The number of rotatable bonds is 10. The van der Waals surface area contributed by atoms with Gasteiger partial charge in [-0.1, -0.05) is 20.8 Å². The van der Waals surface area contributed by atoms with E-state index in [1.54, 1.807) is 39.0 Å². The molecule has 0 aliphatic rings. The molecule has 0 aromatic carbocycles. The largest absolute Gasteiger partial charge is 0.481 e. The second-order valence-corrected chi connectivity index (χ2v) is 10.4. The Kier molecular flexibility index (Phi) is 7.93. The smallest absolute Gasteiger partial charge is 0.326 e. The SMILES string of the molecule is CC(C)(C)C(=O)Nc1cc2c(=O)n(CCc3ccc(C(=O)N[C@@H](CCC(=O)O)C(=O)O)s3)cnc2[nH]1. The van der Waals surface area contributed by atoms with Crippen LogP contribution in [0.15, 0.2) is 29.3 Å². The van der Waals surface area contributed by atoms with Crippen LogP contribution < -0.4 is 16.2 Å². The zero-order chi connectivity index (χ0) is 26.6. The maximum absolute atomic E-state index is 12.9. The van der Waals surface area contributed by atoms with Gasteiger partial charge in [0.25, 0.3) is 11.5 Å². The number of H-pyrrole nitrogens is 1. The first kappa shape index (κ1) is 26.6. The van der Waals surface area contributed by atoms with E-state index >= 15 is 0 Å². The van der Waals surface area contributed by atoms with E-state index in [2.05, 4.69) is 20.6 Å². The van der Waals surface area contributed by atoms with Crippen LogP contribution in [0.3, 0.4) is 0 Å². The molecule has 0 fully saturated rings. The number of fused-ring (bicyclic) bond motifs is 1. The molecular weight excluding hydrogens is 490 g/mol. The number of aromatic amines is 1. The normalized spacial score (nSPS) is 12.3. The second kappa shape index (κ2) is 10.7. The van der Waals surface area contributed by atoms with Crippen LogP contribution in [0.25, 0.3) is 11.0 Å². The highest BCUT2D eigenvalue weighted by Gasteiger charge is 2.23. The predicted octanol–water partition coefficient (Wildman–Crippen LogP) is 2.06. The van der Waals surface area contributed by atoms with Gasteiger partial charge in [0.2, 0.25) is 5.91 Å². The minimum absolute atomic E-state index is 0.205. The van der Waals surface area contributed by atoms with Crippen LogP contribution >= 0.6 is 11.3 Å². The third-order valence-corrected chi connectivity index (χ3v) is 6.42. The first-order chi connectivity index (χ1) is 16.8. The molecule has 0 bridgehead atoms. The number of nitrogens with one attached hydrogen (secondary N) is 3. The highest BCUT2D eigenvalue weighted by atomic mass is 32.1. The molecular formula is C23H27N5O7S. The number of aliphatic carboxylic acids is 2. The summed E-state index contributed by atoms with van der Waals surface area (Å²) in [5, 5.41) is 23.4. The van der Waals surface area contributed by atoms with Gasteiger partial charge in [0.05, 0.1) is 16.6 Å². The van der Waals surface area contributed by atoms with E-state index in [0.29, 0.717) is 23.3 Å². The van der Waals surface area contributed by atoms with Crippen molar-refractivity contribution >= 4 is 51.9 Å².